The first-order valence-electron chi connectivity index (χ1n) is 5.75. The maximum absolute atomic E-state index is 10.6. The number of hydrogen-bond donors (Lipinski definition) is 1. The van der Waals surface area contributed by atoms with Gasteiger partial charge in [0.25, 0.3) is 0 Å². The molecular weight excluding hydrogens is 262 g/mol. The fourth-order valence-electron chi connectivity index (χ4n) is 1.97. The molecule has 1 N–H and O–H groups in total. The third-order valence-electron chi connectivity index (χ3n) is 2.94. The minimum atomic E-state index is -0.846. The lowest BCUT2D eigenvalue weighted by Crippen LogP contribution is -2.22. The second kappa shape index (κ2) is 4.46. The van der Waals surface area contributed by atoms with E-state index in [9.17, 15) is 5.11 Å². The highest BCUT2D eigenvalue weighted by Gasteiger charge is 2.26. The highest BCUT2D eigenvalue weighted by Crippen LogP contribution is 2.35. The van der Waals surface area contributed by atoms with Crippen molar-refractivity contribution < 1.29 is 5.11 Å². The van der Waals surface area contributed by atoms with Crippen LogP contribution in [0, 0.1) is 0 Å². The number of fused-ring (bicyclic) bond motifs is 1. The molecule has 0 fully saturated rings. The van der Waals surface area contributed by atoms with E-state index >= 15 is 0 Å². The summed E-state index contributed by atoms with van der Waals surface area (Å²) in [5, 5.41) is 14.7. The molecule has 18 heavy (non-hydrogen) atoms. The Balaban J connectivity index is 1.97. The van der Waals surface area contributed by atoms with Gasteiger partial charge < -0.3 is 5.11 Å². The van der Waals surface area contributed by atoms with Crippen LogP contribution in [0.15, 0.2) is 41.9 Å². The van der Waals surface area contributed by atoms with Crippen LogP contribution < -0.4 is 0 Å². The van der Waals surface area contributed by atoms with Gasteiger partial charge in [-0.2, -0.15) is 0 Å². The van der Waals surface area contributed by atoms with Gasteiger partial charge in [-0.1, -0.05) is 18.2 Å². The zero-order valence-corrected chi connectivity index (χ0v) is 11.6. The zero-order chi connectivity index (χ0) is 12.6. The lowest BCUT2D eigenvalue weighted by atomic mass is 10.0. The maximum atomic E-state index is 10.6. The van der Waals surface area contributed by atoms with Crippen molar-refractivity contribution in [2.45, 2.75) is 18.9 Å². The summed E-state index contributed by atoms with van der Waals surface area (Å²) in [4.78, 5) is 5.24. The Morgan fingerprint density at radius 2 is 2.17 bits per heavy atom. The Labute approximate surface area is 114 Å². The van der Waals surface area contributed by atoms with Crippen LogP contribution in [-0.2, 0) is 12.0 Å². The molecule has 3 rings (SSSR count). The van der Waals surface area contributed by atoms with E-state index in [1.807, 2.05) is 24.4 Å². The molecule has 1 atom stereocenters. The number of aromatic nitrogens is 1. The van der Waals surface area contributed by atoms with Crippen molar-refractivity contribution in [2.75, 3.05) is 0 Å². The maximum Gasteiger partial charge on any atom is 0.102 e. The summed E-state index contributed by atoms with van der Waals surface area (Å²) < 4.78 is 1.21. The standard InChI is InChI=1S/C14H13NOS2/c1-14(16,9-13-15-6-7-17-13)12-8-10-4-2-3-5-11(10)18-12/h2-8,16H,9H2,1H3. The summed E-state index contributed by atoms with van der Waals surface area (Å²) in [7, 11) is 0. The van der Waals surface area contributed by atoms with E-state index in [0.29, 0.717) is 6.42 Å². The van der Waals surface area contributed by atoms with Crippen molar-refractivity contribution in [1.82, 2.24) is 4.98 Å². The van der Waals surface area contributed by atoms with Gasteiger partial charge in [0.2, 0.25) is 0 Å². The van der Waals surface area contributed by atoms with E-state index in [1.54, 1.807) is 28.9 Å². The molecule has 0 bridgehead atoms. The number of hydrogen-bond acceptors (Lipinski definition) is 4. The van der Waals surface area contributed by atoms with E-state index in [4.69, 9.17) is 0 Å². The first-order valence-corrected chi connectivity index (χ1v) is 7.44. The Bertz CT molecular complexity index is 622. The highest BCUT2D eigenvalue weighted by atomic mass is 32.1. The Hall–Kier alpha value is -1.23. The molecule has 2 aromatic heterocycles. The minimum absolute atomic E-state index is 0.567. The molecule has 2 heterocycles. The molecule has 0 saturated carbocycles. The fraction of sp³-hybridized carbons (Fsp3) is 0.214. The SMILES string of the molecule is CC(O)(Cc1nccs1)c1cc2ccccc2s1. The fourth-order valence-corrected chi connectivity index (χ4v) is 3.84. The number of aliphatic hydroxyl groups is 1. The molecule has 92 valence electrons. The predicted molar refractivity (Wildman–Crippen MR) is 77.2 cm³/mol. The summed E-state index contributed by atoms with van der Waals surface area (Å²) in [6.07, 6.45) is 2.35. The van der Waals surface area contributed by atoms with E-state index in [2.05, 4.69) is 23.2 Å². The molecule has 0 aliphatic rings. The summed E-state index contributed by atoms with van der Waals surface area (Å²) in [5.41, 5.74) is -0.846. The highest BCUT2D eigenvalue weighted by molar-refractivity contribution is 7.19. The molecular formula is C14H13NOS2. The van der Waals surface area contributed by atoms with Crippen LogP contribution >= 0.6 is 22.7 Å². The van der Waals surface area contributed by atoms with Gasteiger partial charge in [0.15, 0.2) is 0 Å². The van der Waals surface area contributed by atoms with Crippen molar-refractivity contribution in [3.63, 3.8) is 0 Å². The van der Waals surface area contributed by atoms with Gasteiger partial charge in [-0.3, -0.25) is 0 Å². The quantitative estimate of drug-likeness (QED) is 0.788. The molecule has 0 amide bonds. The smallest absolute Gasteiger partial charge is 0.102 e. The monoisotopic (exact) mass is 275 g/mol. The topological polar surface area (TPSA) is 33.1 Å². The summed E-state index contributed by atoms with van der Waals surface area (Å²) in [6, 6.07) is 10.3. The van der Waals surface area contributed by atoms with Crippen LogP contribution in [0.4, 0.5) is 0 Å². The van der Waals surface area contributed by atoms with Gasteiger partial charge in [0, 0.05) is 27.6 Å². The van der Waals surface area contributed by atoms with Gasteiger partial charge in [0.05, 0.1) is 5.01 Å². The van der Waals surface area contributed by atoms with Crippen molar-refractivity contribution >= 4 is 32.8 Å². The molecule has 0 radical (unpaired) electrons. The normalized spacial score (nSPS) is 14.8. The molecule has 3 aromatic rings. The average Bonchev–Trinajstić information content (AvgIpc) is 2.96. The van der Waals surface area contributed by atoms with Crippen LogP contribution in [-0.4, -0.2) is 10.1 Å². The van der Waals surface area contributed by atoms with Crippen LogP contribution in [0.3, 0.4) is 0 Å². The Morgan fingerprint density at radius 3 is 2.89 bits per heavy atom. The Morgan fingerprint density at radius 1 is 1.33 bits per heavy atom. The van der Waals surface area contributed by atoms with E-state index < -0.39 is 5.60 Å². The lowest BCUT2D eigenvalue weighted by molar-refractivity contribution is 0.0615. The van der Waals surface area contributed by atoms with Gasteiger partial charge in [-0.25, -0.2) is 4.98 Å². The van der Waals surface area contributed by atoms with Crippen molar-refractivity contribution in [3.05, 3.63) is 51.8 Å². The summed E-state index contributed by atoms with van der Waals surface area (Å²) in [5.74, 6) is 0. The van der Waals surface area contributed by atoms with Gasteiger partial charge in [-0.05, 0) is 24.4 Å². The van der Waals surface area contributed by atoms with Crippen molar-refractivity contribution in [1.29, 1.82) is 0 Å². The number of thiazole rings is 1. The van der Waals surface area contributed by atoms with E-state index in [0.717, 1.165) is 9.88 Å². The lowest BCUT2D eigenvalue weighted by Gasteiger charge is -2.20. The third kappa shape index (κ3) is 2.19. The second-order valence-electron chi connectivity index (χ2n) is 4.52. The van der Waals surface area contributed by atoms with Crippen molar-refractivity contribution in [2.24, 2.45) is 0 Å². The van der Waals surface area contributed by atoms with Crippen LogP contribution in [0.2, 0.25) is 0 Å². The van der Waals surface area contributed by atoms with E-state index in [-0.39, 0.29) is 0 Å². The predicted octanol–water partition coefficient (Wildman–Crippen LogP) is 3.81. The van der Waals surface area contributed by atoms with Crippen molar-refractivity contribution in [3.8, 4) is 0 Å². The molecule has 4 heteroatoms. The average molecular weight is 275 g/mol. The molecule has 0 spiro atoms. The Kier molecular flexibility index (Phi) is 2.93. The first kappa shape index (κ1) is 11.8. The minimum Gasteiger partial charge on any atom is -0.384 e. The third-order valence-corrected chi connectivity index (χ3v) is 5.08. The number of thiophene rings is 1. The zero-order valence-electron chi connectivity index (χ0n) is 9.96. The number of benzene rings is 1. The number of rotatable bonds is 3. The number of nitrogens with zero attached hydrogens (tertiary/aromatic N) is 1. The van der Waals surface area contributed by atoms with Gasteiger partial charge in [-0.15, -0.1) is 22.7 Å². The van der Waals surface area contributed by atoms with Gasteiger partial charge >= 0.3 is 0 Å². The summed E-state index contributed by atoms with van der Waals surface area (Å²) >= 11 is 3.24. The molecule has 1 aromatic carbocycles. The van der Waals surface area contributed by atoms with E-state index in [1.165, 1.54) is 10.1 Å². The molecule has 0 aliphatic carbocycles. The summed E-state index contributed by atoms with van der Waals surface area (Å²) in [6.45, 7) is 1.86. The molecule has 2 nitrogen and oxygen atoms in total. The van der Waals surface area contributed by atoms with Crippen LogP contribution in [0.1, 0.15) is 16.8 Å². The molecule has 0 saturated heterocycles. The van der Waals surface area contributed by atoms with Gasteiger partial charge in [0.1, 0.15) is 5.60 Å². The largest absolute Gasteiger partial charge is 0.384 e. The van der Waals surface area contributed by atoms with Crippen LogP contribution in [0.25, 0.3) is 10.1 Å². The van der Waals surface area contributed by atoms with Crippen LogP contribution in [0.5, 0.6) is 0 Å². The second-order valence-corrected chi connectivity index (χ2v) is 6.59. The first-order chi connectivity index (χ1) is 8.65. The molecule has 0 aliphatic heterocycles. The molecule has 1 unspecified atom stereocenters.